The summed E-state index contributed by atoms with van der Waals surface area (Å²) in [6.07, 6.45) is 0.210. The quantitative estimate of drug-likeness (QED) is 0.691. The molecule has 2 saturated heterocycles. The van der Waals surface area contributed by atoms with Crippen LogP contribution >= 0.6 is 0 Å². The number of fused-ring (bicyclic) bond motifs is 1. The number of aryl methyl sites for hydroxylation is 1. The van der Waals surface area contributed by atoms with E-state index in [9.17, 15) is 9.18 Å². The van der Waals surface area contributed by atoms with Gasteiger partial charge in [-0.3, -0.25) is 14.8 Å². The highest BCUT2D eigenvalue weighted by molar-refractivity contribution is 5.79. The van der Waals surface area contributed by atoms with Gasteiger partial charge < -0.3 is 4.90 Å². The standard InChI is InChI=1S/C24H26FN5O/c1-17-26-23(28-27-17)24-15-29(12-18-6-3-2-4-7-18)13-20(24)14-30(16-24)22(31)11-19-8-5-9-21(25)10-19/h2-10,20H,11-16H2,1H3,(H,26,27,28)/t20-,24-/m0/s1. The van der Waals surface area contributed by atoms with Crippen LogP contribution in [0.1, 0.15) is 22.8 Å². The van der Waals surface area contributed by atoms with Crippen molar-refractivity contribution in [2.24, 2.45) is 5.92 Å². The van der Waals surface area contributed by atoms with Crippen molar-refractivity contribution in [3.05, 3.63) is 83.2 Å². The number of halogens is 1. The number of rotatable bonds is 5. The highest BCUT2D eigenvalue weighted by atomic mass is 19.1. The number of carbonyl (C=O) groups excluding carboxylic acids is 1. The Balaban J connectivity index is 1.36. The van der Waals surface area contributed by atoms with Crippen LogP contribution < -0.4 is 0 Å². The third kappa shape index (κ3) is 3.85. The van der Waals surface area contributed by atoms with E-state index in [2.05, 4.69) is 44.3 Å². The highest BCUT2D eigenvalue weighted by Gasteiger charge is 2.56. The van der Waals surface area contributed by atoms with Gasteiger partial charge in [-0.15, -0.1) is 0 Å². The third-order valence-electron chi connectivity index (χ3n) is 6.57. The van der Waals surface area contributed by atoms with Crippen LogP contribution in [0.2, 0.25) is 0 Å². The molecule has 160 valence electrons. The maximum atomic E-state index is 13.5. The van der Waals surface area contributed by atoms with Crippen LogP contribution in [0.25, 0.3) is 0 Å². The molecule has 5 rings (SSSR count). The lowest BCUT2D eigenvalue weighted by atomic mass is 9.80. The summed E-state index contributed by atoms with van der Waals surface area (Å²) in [6, 6.07) is 16.7. The van der Waals surface area contributed by atoms with Crippen molar-refractivity contribution in [2.45, 2.75) is 25.3 Å². The lowest BCUT2D eigenvalue weighted by molar-refractivity contribution is -0.129. The molecule has 1 aromatic heterocycles. The van der Waals surface area contributed by atoms with Crippen LogP contribution in [-0.2, 0) is 23.2 Å². The molecule has 2 atom stereocenters. The first-order valence-corrected chi connectivity index (χ1v) is 10.7. The first-order chi connectivity index (χ1) is 15.0. The molecule has 3 heterocycles. The molecule has 3 aromatic rings. The molecule has 6 nitrogen and oxygen atoms in total. The lowest BCUT2D eigenvalue weighted by Crippen LogP contribution is -2.40. The van der Waals surface area contributed by atoms with Crippen LogP contribution in [0.5, 0.6) is 0 Å². The Morgan fingerprint density at radius 1 is 1.13 bits per heavy atom. The topological polar surface area (TPSA) is 65.1 Å². The van der Waals surface area contributed by atoms with Gasteiger partial charge in [-0.25, -0.2) is 9.37 Å². The van der Waals surface area contributed by atoms with Gasteiger partial charge in [0.1, 0.15) is 11.6 Å². The fourth-order valence-electron chi connectivity index (χ4n) is 5.14. The second-order valence-electron chi connectivity index (χ2n) is 8.83. The number of likely N-dealkylation sites (tertiary alicyclic amines) is 2. The zero-order valence-electron chi connectivity index (χ0n) is 17.6. The minimum atomic E-state index is -0.312. The van der Waals surface area contributed by atoms with Crippen molar-refractivity contribution >= 4 is 5.91 Å². The van der Waals surface area contributed by atoms with Gasteiger partial charge in [0.2, 0.25) is 5.91 Å². The summed E-state index contributed by atoms with van der Waals surface area (Å²) in [5.74, 6) is 1.57. The van der Waals surface area contributed by atoms with E-state index < -0.39 is 0 Å². The molecule has 0 saturated carbocycles. The Bertz CT molecular complexity index is 1080. The van der Waals surface area contributed by atoms with Gasteiger partial charge in [0.05, 0.1) is 11.8 Å². The molecule has 0 radical (unpaired) electrons. The van der Waals surface area contributed by atoms with Crippen LogP contribution in [0.15, 0.2) is 54.6 Å². The Morgan fingerprint density at radius 3 is 2.68 bits per heavy atom. The fraction of sp³-hybridized carbons (Fsp3) is 0.375. The minimum Gasteiger partial charge on any atom is -0.341 e. The van der Waals surface area contributed by atoms with E-state index in [1.54, 1.807) is 12.1 Å². The first kappa shape index (κ1) is 19.9. The van der Waals surface area contributed by atoms with Gasteiger partial charge in [-0.1, -0.05) is 42.5 Å². The number of hydrogen-bond acceptors (Lipinski definition) is 4. The van der Waals surface area contributed by atoms with Crippen molar-refractivity contribution in [3.63, 3.8) is 0 Å². The van der Waals surface area contributed by atoms with Gasteiger partial charge in [-0.2, -0.15) is 5.10 Å². The molecule has 0 unspecified atom stereocenters. The smallest absolute Gasteiger partial charge is 0.227 e. The predicted octanol–water partition coefficient (Wildman–Crippen LogP) is 2.71. The summed E-state index contributed by atoms with van der Waals surface area (Å²) >= 11 is 0. The van der Waals surface area contributed by atoms with Crippen LogP contribution in [0.3, 0.4) is 0 Å². The van der Waals surface area contributed by atoms with Gasteiger partial charge in [-0.05, 0) is 30.2 Å². The maximum absolute atomic E-state index is 13.5. The Hall–Kier alpha value is -3.06. The van der Waals surface area contributed by atoms with Crippen molar-refractivity contribution in [1.29, 1.82) is 0 Å². The summed E-state index contributed by atoms with van der Waals surface area (Å²) < 4.78 is 13.5. The molecular weight excluding hydrogens is 393 g/mol. The number of H-pyrrole nitrogens is 1. The molecule has 7 heteroatoms. The molecule has 1 amide bonds. The van der Waals surface area contributed by atoms with Crippen LogP contribution in [0.4, 0.5) is 4.39 Å². The second kappa shape index (κ2) is 7.89. The summed E-state index contributed by atoms with van der Waals surface area (Å²) in [7, 11) is 0. The van der Waals surface area contributed by atoms with Crippen molar-refractivity contribution in [1.82, 2.24) is 25.0 Å². The Morgan fingerprint density at radius 2 is 1.94 bits per heavy atom. The molecule has 2 aromatic carbocycles. The lowest BCUT2D eigenvalue weighted by Gasteiger charge is -2.27. The molecule has 0 aliphatic carbocycles. The van der Waals surface area contributed by atoms with E-state index in [4.69, 9.17) is 0 Å². The van der Waals surface area contributed by atoms with Crippen molar-refractivity contribution < 1.29 is 9.18 Å². The van der Waals surface area contributed by atoms with Gasteiger partial charge >= 0.3 is 0 Å². The van der Waals surface area contributed by atoms with E-state index in [1.807, 2.05) is 17.9 Å². The number of aromatic nitrogens is 3. The SMILES string of the molecule is Cc1nc([C@]23CN(Cc4ccccc4)C[C@H]2CN(C(=O)Cc2cccc(F)c2)C3)n[nH]1. The predicted molar refractivity (Wildman–Crippen MR) is 115 cm³/mol. The number of nitrogens with zero attached hydrogens (tertiary/aromatic N) is 4. The normalized spacial score (nSPS) is 23.3. The molecule has 1 N–H and O–H groups in total. The fourth-order valence-corrected chi connectivity index (χ4v) is 5.14. The maximum Gasteiger partial charge on any atom is 0.227 e. The van der Waals surface area contributed by atoms with Crippen LogP contribution in [0, 0.1) is 18.7 Å². The molecule has 0 spiro atoms. The Kier molecular flexibility index (Phi) is 5.06. The molecule has 2 fully saturated rings. The monoisotopic (exact) mass is 419 g/mol. The van der Waals surface area contributed by atoms with E-state index in [0.717, 1.165) is 31.3 Å². The summed E-state index contributed by atoms with van der Waals surface area (Å²) in [6.45, 7) is 5.75. The zero-order valence-corrected chi connectivity index (χ0v) is 17.6. The van der Waals surface area contributed by atoms with Crippen molar-refractivity contribution in [2.75, 3.05) is 26.2 Å². The number of benzene rings is 2. The van der Waals surface area contributed by atoms with Gasteiger partial charge in [0.15, 0.2) is 5.82 Å². The average Bonchev–Trinajstić information content (AvgIpc) is 3.41. The zero-order chi connectivity index (χ0) is 21.4. The first-order valence-electron chi connectivity index (χ1n) is 10.7. The highest BCUT2D eigenvalue weighted by Crippen LogP contribution is 2.44. The van der Waals surface area contributed by atoms with E-state index in [0.29, 0.717) is 18.7 Å². The molecule has 2 aliphatic rings. The van der Waals surface area contributed by atoms with E-state index >= 15 is 0 Å². The summed E-state index contributed by atoms with van der Waals surface area (Å²) in [5.41, 5.74) is 1.70. The number of nitrogens with one attached hydrogen (secondary N) is 1. The third-order valence-corrected chi connectivity index (χ3v) is 6.57. The molecular formula is C24H26FN5O. The number of aromatic amines is 1. The second-order valence-corrected chi connectivity index (χ2v) is 8.83. The van der Waals surface area contributed by atoms with Gasteiger partial charge in [0.25, 0.3) is 0 Å². The van der Waals surface area contributed by atoms with E-state index in [1.165, 1.54) is 17.7 Å². The average molecular weight is 420 g/mol. The number of carbonyl (C=O) groups is 1. The van der Waals surface area contributed by atoms with Gasteiger partial charge in [0, 0.05) is 38.6 Å². The largest absolute Gasteiger partial charge is 0.341 e. The molecule has 31 heavy (non-hydrogen) atoms. The summed E-state index contributed by atoms with van der Waals surface area (Å²) in [5, 5.41) is 7.49. The van der Waals surface area contributed by atoms with Crippen LogP contribution in [-0.4, -0.2) is 57.1 Å². The number of amides is 1. The minimum absolute atomic E-state index is 0.0289. The van der Waals surface area contributed by atoms with Crippen molar-refractivity contribution in [3.8, 4) is 0 Å². The summed E-state index contributed by atoms with van der Waals surface area (Å²) in [4.78, 5) is 22.1. The Labute approximate surface area is 181 Å². The number of hydrogen-bond donors (Lipinski definition) is 1. The molecule has 0 bridgehead atoms. The van der Waals surface area contributed by atoms with E-state index in [-0.39, 0.29) is 29.5 Å². The molecule has 2 aliphatic heterocycles.